The van der Waals surface area contributed by atoms with E-state index in [4.69, 9.17) is 16.7 Å². The Balaban J connectivity index is 1.90. The maximum atomic E-state index is 12.2. The van der Waals surface area contributed by atoms with E-state index in [1.165, 1.54) is 6.20 Å². The molecule has 0 saturated heterocycles. The summed E-state index contributed by atoms with van der Waals surface area (Å²) in [5.74, 6) is -1.87. The number of carbonyl (C=O) groups excluding carboxylic acids is 1. The first-order valence-electron chi connectivity index (χ1n) is 8.99. The molecule has 0 bridgehead atoms. The second-order valence-electron chi connectivity index (χ2n) is 7.31. The molecule has 2 heterocycles. The van der Waals surface area contributed by atoms with Crippen LogP contribution in [0.25, 0.3) is 11.0 Å². The van der Waals surface area contributed by atoms with Gasteiger partial charge < -0.3 is 15.3 Å². The molecule has 0 atom stereocenters. The number of halogens is 1. The Morgan fingerprint density at radius 3 is 2.59 bits per heavy atom. The van der Waals surface area contributed by atoms with Gasteiger partial charge >= 0.3 is 5.97 Å². The van der Waals surface area contributed by atoms with Gasteiger partial charge in [0.05, 0.1) is 16.8 Å². The summed E-state index contributed by atoms with van der Waals surface area (Å²) in [4.78, 5) is 34.1. The first-order chi connectivity index (χ1) is 12.8. The number of carbonyl (C=O) groups is 2. The summed E-state index contributed by atoms with van der Waals surface area (Å²) in [6.45, 7) is 1.06. The second kappa shape index (κ2) is 8.19. The standard InChI is InChI=1S/C19H23ClN4O3/c1-24(2)10-11-3-5-12(6-4-11)22-16-13(18(25)19(26)27)9-21-14-7-8-15(20)23-17(14)16/h7-9,11-12H,3-6,10H2,1-2H3,(H,21,22)(H,26,27). The summed E-state index contributed by atoms with van der Waals surface area (Å²) in [5, 5.41) is 12.8. The minimum atomic E-state index is -1.52. The molecule has 0 aliphatic heterocycles. The van der Waals surface area contributed by atoms with E-state index in [-0.39, 0.29) is 16.8 Å². The molecular formula is C19H23ClN4O3. The van der Waals surface area contributed by atoms with Crippen LogP contribution in [0, 0.1) is 5.92 Å². The van der Waals surface area contributed by atoms with Crippen LogP contribution in [0.1, 0.15) is 36.0 Å². The summed E-state index contributed by atoms with van der Waals surface area (Å²) < 4.78 is 0. The van der Waals surface area contributed by atoms with Crippen molar-refractivity contribution in [3.05, 3.63) is 29.0 Å². The Labute approximate surface area is 162 Å². The summed E-state index contributed by atoms with van der Waals surface area (Å²) in [6, 6.07) is 3.47. The number of pyridine rings is 2. The van der Waals surface area contributed by atoms with E-state index in [1.807, 2.05) is 0 Å². The van der Waals surface area contributed by atoms with E-state index < -0.39 is 11.8 Å². The second-order valence-corrected chi connectivity index (χ2v) is 7.69. The van der Waals surface area contributed by atoms with Gasteiger partial charge in [-0.2, -0.15) is 0 Å². The van der Waals surface area contributed by atoms with Gasteiger partial charge in [0.2, 0.25) is 0 Å². The predicted molar refractivity (Wildman–Crippen MR) is 104 cm³/mol. The third-order valence-electron chi connectivity index (χ3n) is 4.94. The van der Waals surface area contributed by atoms with Gasteiger partial charge in [-0.3, -0.25) is 9.78 Å². The highest BCUT2D eigenvalue weighted by atomic mass is 35.5. The molecule has 0 unspecified atom stereocenters. The number of anilines is 1. The highest BCUT2D eigenvalue weighted by molar-refractivity contribution is 6.41. The molecule has 1 saturated carbocycles. The molecule has 2 aromatic rings. The molecule has 2 N–H and O–H groups in total. The van der Waals surface area contributed by atoms with Gasteiger partial charge in [-0.25, -0.2) is 9.78 Å². The summed E-state index contributed by atoms with van der Waals surface area (Å²) in [7, 11) is 4.15. The van der Waals surface area contributed by atoms with Crippen LogP contribution >= 0.6 is 11.6 Å². The van der Waals surface area contributed by atoms with Crippen molar-refractivity contribution in [3.8, 4) is 0 Å². The Kier molecular flexibility index (Phi) is 5.92. The Morgan fingerprint density at radius 2 is 1.96 bits per heavy atom. The third-order valence-corrected chi connectivity index (χ3v) is 5.15. The number of rotatable bonds is 6. The summed E-state index contributed by atoms with van der Waals surface area (Å²) in [5.41, 5.74) is 1.40. The zero-order chi connectivity index (χ0) is 19.6. The van der Waals surface area contributed by atoms with Crippen LogP contribution in [-0.2, 0) is 4.79 Å². The third kappa shape index (κ3) is 4.54. The smallest absolute Gasteiger partial charge is 0.377 e. The van der Waals surface area contributed by atoms with Crippen LogP contribution in [-0.4, -0.2) is 58.4 Å². The van der Waals surface area contributed by atoms with Gasteiger partial charge in [0, 0.05) is 18.8 Å². The Morgan fingerprint density at radius 1 is 1.26 bits per heavy atom. The lowest BCUT2D eigenvalue weighted by molar-refractivity contribution is -0.131. The largest absolute Gasteiger partial charge is 0.475 e. The van der Waals surface area contributed by atoms with Crippen LogP contribution in [0.4, 0.5) is 5.69 Å². The molecule has 3 rings (SSSR count). The van der Waals surface area contributed by atoms with E-state index in [9.17, 15) is 9.59 Å². The minimum absolute atomic E-state index is 0.0141. The lowest BCUT2D eigenvalue weighted by atomic mass is 9.85. The van der Waals surface area contributed by atoms with E-state index in [0.717, 1.165) is 32.2 Å². The van der Waals surface area contributed by atoms with Crippen molar-refractivity contribution in [2.45, 2.75) is 31.7 Å². The number of aromatic nitrogens is 2. The number of aliphatic carboxylic acids is 1. The van der Waals surface area contributed by atoms with Crippen molar-refractivity contribution in [1.29, 1.82) is 0 Å². The van der Waals surface area contributed by atoms with E-state index >= 15 is 0 Å². The molecule has 1 aliphatic rings. The lowest BCUT2D eigenvalue weighted by Gasteiger charge is -2.31. The molecule has 1 aliphatic carbocycles. The first-order valence-corrected chi connectivity index (χ1v) is 9.37. The molecule has 1 fully saturated rings. The van der Waals surface area contributed by atoms with Gasteiger partial charge in [0.1, 0.15) is 10.7 Å². The van der Waals surface area contributed by atoms with Crippen LogP contribution in [0.15, 0.2) is 18.3 Å². The van der Waals surface area contributed by atoms with Crippen molar-refractivity contribution >= 4 is 40.1 Å². The SMILES string of the molecule is CN(C)CC1CCC(Nc2c(C(=O)C(=O)O)cnc3ccc(Cl)nc23)CC1. The zero-order valence-electron chi connectivity index (χ0n) is 15.4. The normalized spacial score (nSPS) is 20.0. The van der Waals surface area contributed by atoms with Gasteiger partial charge in [0.15, 0.2) is 0 Å². The average Bonchev–Trinajstić information content (AvgIpc) is 2.62. The van der Waals surface area contributed by atoms with Crippen LogP contribution in [0.5, 0.6) is 0 Å². The Bertz CT molecular complexity index is 863. The number of carboxylic acids is 1. The fourth-order valence-electron chi connectivity index (χ4n) is 3.69. The monoisotopic (exact) mass is 390 g/mol. The van der Waals surface area contributed by atoms with Gasteiger partial charge in [0.25, 0.3) is 5.78 Å². The fraction of sp³-hybridized carbons (Fsp3) is 0.474. The molecule has 27 heavy (non-hydrogen) atoms. The molecule has 0 spiro atoms. The number of ketones is 1. The number of hydrogen-bond acceptors (Lipinski definition) is 6. The highest BCUT2D eigenvalue weighted by Crippen LogP contribution is 2.31. The molecule has 0 radical (unpaired) electrons. The topological polar surface area (TPSA) is 95.4 Å². The van der Waals surface area contributed by atoms with Crippen molar-refractivity contribution < 1.29 is 14.7 Å². The predicted octanol–water partition coefficient (Wildman–Crippen LogP) is 3.08. The number of nitrogens with one attached hydrogen (secondary N) is 1. The fourth-order valence-corrected chi connectivity index (χ4v) is 3.83. The molecular weight excluding hydrogens is 368 g/mol. The van der Waals surface area contributed by atoms with Crippen molar-refractivity contribution in [3.63, 3.8) is 0 Å². The molecule has 0 aromatic carbocycles. The number of Topliss-reactive ketones (excluding diaryl/α,β-unsaturated/α-hetero) is 1. The molecule has 0 amide bonds. The van der Waals surface area contributed by atoms with Gasteiger partial charge in [-0.05, 0) is 57.8 Å². The maximum Gasteiger partial charge on any atom is 0.377 e. The minimum Gasteiger partial charge on any atom is -0.475 e. The Hall–Kier alpha value is -2.25. The average molecular weight is 391 g/mol. The van der Waals surface area contributed by atoms with Crippen molar-refractivity contribution in [2.75, 3.05) is 26.0 Å². The van der Waals surface area contributed by atoms with Crippen LogP contribution in [0.3, 0.4) is 0 Å². The van der Waals surface area contributed by atoms with Crippen LogP contribution in [0.2, 0.25) is 5.15 Å². The zero-order valence-corrected chi connectivity index (χ0v) is 16.2. The molecule has 7 nitrogen and oxygen atoms in total. The summed E-state index contributed by atoms with van der Waals surface area (Å²) >= 11 is 6.02. The van der Waals surface area contributed by atoms with Crippen molar-refractivity contribution in [1.82, 2.24) is 14.9 Å². The number of carboxylic acid groups (broad SMARTS) is 1. The van der Waals surface area contributed by atoms with Crippen molar-refractivity contribution in [2.24, 2.45) is 5.92 Å². The molecule has 2 aromatic heterocycles. The van der Waals surface area contributed by atoms with E-state index in [0.29, 0.717) is 22.6 Å². The highest BCUT2D eigenvalue weighted by Gasteiger charge is 2.26. The summed E-state index contributed by atoms with van der Waals surface area (Å²) in [6.07, 6.45) is 5.35. The first kappa shape index (κ1) is 19.5. The van der Waals surface area contributed by atoms with Gasteiger partial charge in [-0.15, -0.1) is 0 Å². The van der Waals surface area contributed by atoms with Crippen LogP contribution < -0.4 is 5.32 Å². The molecule has 144 valence electrons. The molecule has 8 heteroatoms. The number of hydrogen-bond donors (Lipinski definition) is 2. The number of fused-ring (bicyclic) bond motifs is 1. The maximum absolute atomic E-state index is 12.2. The van der Waals surface area contributed by atoms with Gasteiger partial charge in [-0.1, -0.05) is 11.6 Å². The number of nitrogens with zero attached hydrogens (tertiary/aromatic N) is 3. The van der Waals surface area contributed by atoms with E-state index in [1.54, 1.807) is 12.1 Å². The lowest BCUT2D eigenvalue weighted by Crippen LogP contribution is -2.31. The quantitative estimate of drug-likeness (QED) is 0.444. The van der Waals surface area contributed by atoms with E-state index in [2.05, 4.69) is 34.3 Å².